The molecule has 2 unspecified atom stereocenters. The molecule has 96 valence electrons. The van der Waals surface area contributed by atoms with E-state index in [1.165, 1.54) is 24.8 Å². The molecule has 2 aliphatic rings. The fourth-order valence-electron chi connectivity index (χ4n) is 4.05. The lowest BCUT2D eigenvalue weighted by Gasteiger charge is -2.19. The molecular weight excluding hydrogens is 220 g/mol. The van der Waals surface area contributed by atoms with Gasteiger partial charge in [0.25, 0.3) is 0 Å². The molecule has 1 heteroatoms. The van der Waals surface area contributed by atoms with Crippen LogP contribution in [0, 0.1) is 11.8 Å². The summed E-state index contributed by atoms with van der Waals surface area (Å²) in [4.78, 5) is 0. The first-order valence-corrected chi connectivity index (χ1v) is 7.18. The van der Waals surface area contributed by atoms with Crippen molar-refractivity contribution in [1.29, 1.82) is 0 Å². The van der Waals surface area contributed by atoms with Gasteiger partial charge in [0, 0.05) is 5.41 Å². The van der Waals surface area contributed by atoms with Crippen LogP contribution in [0.1, 0.15) is 37.7 Å². The summed E-state index contributed by atoms with van der Waals surface area (Å²) < 4.78 is 0. The summed E-state index contributed by atoms with van der Waals surface area (Å²) in [6.45, 7) is 0.0818. The summed E-state index contributed by atoms with van der Waals surface area (Å²) in [5, 5.41) is 10.7. The minimum absolute atomic E-state index is 0.0818. The zero-order valence-corrected chi connectivity index (χ0v) is 10.8. The lowest BCUT2D eigenvalue weighted by Crippen LogP contribution is -2.13. The minimum atomic E-state index is 0.0818. The molecule has 2 aliphatic carbocycles. The molecule has 0 radical (unpaired) electrons. The summed E-state index contributed by atoms with van der Waals surface area (Å²) >= 11 is 0. The van der Waals surface area contributed by atoms with Crippen molar-refractivity contribution in [2.24, 2.45) is 11.8 Å². The van der Waals surface area contributed by atoms with E-state index in [1.807, 2.05) is 0 Å². The second kappa shape index (κ2) is 4.89. The van der Waals surface area contributed by atoms with E-state index in [9.17, 15) is 5.11 Å². The van der Waals surface area contributed by atoms with Crippen molar-refractivity contribution >= 4 is 0 Å². The van der Waals surface area contributed by atoms with Crippen LogP contribution in [-0.2, 0) is 5.41 Å². The largest absolute Gasteiger partial charge is 0.854 e. The molecular formula is C17H21O-. The third kappa shape index (κ3) is 1.81. The van der Waals surface area contributed by atoms with E-state index in [0.29, 0.717) is 5.41 Å². The molecule has 1 saturated carbocycles. The van der Waals surface area contributed by atoms with Gasteiger partial charge in [-0.2, -0.15) is 0 Å². The molecule has 1 fully saturated rings. The summed E-state index contributed by atoms with van der Waals surface area (Å²) in [7, 11) is 0. The molecule has 0 N–H and O–H groups in total. The Kier molecular flexibility index (Phi) is 3.25. The Labute approximate surface area is 110 Å². The molecule has 0 saturated heterocycles. The fourth-order valence-corrected chi connectivity index (χ4v) is 4.05. The van der Waals surface area contributed by atoms with E-state index in [2.05, 4.69) is 42.5 Å². The van der Waals surface area contributed by atoms with Crippen LogP contribution in [0.4, 0.5) is 0 Å². The normalized spacial score (nSPS) is 33.2. The maximum atomic E-state index is 10.7. The molecule has 0 amide bonds. The first-order valence-electron chi connectivity index (χ1n) is 7.18. The van der Waals surface area contributed by atoms with Crippen molar-refractivity contribution in [1.82, 2.24) is 0 Å². The lowest BCUT2D eigenvalue weighted by molar-refractivity contribution is -0.368. The van der Waals surface area contributed by atoms with Gasteiger partial charge in [-0.1, -0.05) is 55.3 Å². The van der Waals surface area contributed by atoms with Crippen LogP contribution >= 0.6 is 0 Å². The Morgan fingerprint density at radius 1 is 1.00 bits per heavy atom. The molecule has 0 aromatic heterocycles. The second-order valence-corrected chi connectivity index (χ2v) is 5.72. The lowest BCUT2D eigenvalue weighted by atomic mass is 9.86. The van der Waals surface area contributed by atoms with Gasteiger partial charge >= 0.3 is 0 Å². The highest BCUT2D eigenvalue weighted by Gasteiger charge is 2.63. The second-order valence-electron chi connectivity index (χ2n) is 5.72. The Bertz CT molecular complexity index is 406. The van der Waals surface area contributed by atoms with Gasteiger partial charge in [0.15, 0.2) is 0 Å². The standard InChI is InChI=1S/C17H21O/c18-13-7-6-12-17(14-8-2-1-3-9-14)15-10-4-5-11-16(15)17/h1-5,8-9,15-16H,6-7,10-13H2/q-1. The SMILES string of the molecule is [O-]CCCCC1(c2ccccc2)C2CC=CCC21. The molecule has 1 aromatic carbocycles. The van der Waals surface area contributed by atoms with Crippen LogP contribution in [0.2, 0.25) is 0 Å². The summed E-state index contributed by atoms with van der Waals surface area (Å²) in [6.07, 6.45) is 10.3. The van der Waals surface area contributed by atoms with E-state index < -0.39 is 0 Å². The third-order valence-electron chi connectivity index (χ3n) is 4.94. The topological polar surface area (TPSA) is 23.1 Å². The molecule has 1 nitrogen and oxygen atoms in total. The van der Waals surface area contributed by atoms with E-state index in [1.54, 1.807) is 0 Å². The van der Waals surface area contributed by atoms with Crippen LogP contribution in [0.3, 0.4) is 0 Å². The van der Waals surface area contributed by atoms with Gasteiger partial charge in [-0.25, -0.2) is 0 Å². The van der Waals surface area contributed by atoms with Crippen molar-refractivity contribution in [2.45, 2.75) is 37.5 Å². The van der Waals surface area contributed by atoms with E-state index >= 15 is 0 Å². The molecule has 0 aliphatic heterocycles. The summed E-state index contributed by atoms with van der Waals surface area (Å²) in [6, 6.07) is 11.0. The molecule has 18 heavy (non-hydrogen) atoms. The van der Waals surface area contributed by atoms with Crippen LogP contribution < -0.4 is 5.11 Å². The average molecular weight is 241 g/mol. The van der Waals surface area contributed by atoms with Crippen LogP contribution in [-0.4, -0.2) is 6.61 Å². The van der Waals surface area contributed by atoms with Gasteiger partial charge in [0.1, 0.15) is 0 Å². The zero-order valence-electron chi connectivity index (χ0n) is 10.8. The number of rotatable bonds is 5. The van der Waals surface area contributed by atoms with Crippen LogP contribution in [0.25, 0.3) is 0 Å². The Morgan fingerprint density at radius 3 is 2.28 bits per heavy atom. The zero-order chi connectivity index (χ0) is 12.4. The molecule has 1 aromatic rings. The van der Waals surface area contributed by atoms with Gasteiger partial charge in [0.05, 0.1) is 0 Å². The minimum Gasteiger partial charge on any atom is -0.854 e. The highest BCUT2D eigenvalue weighted by Crippen LogP contribution is 2.67. The number of fused-ring (bicyclic) bond motifs is 1. The van der Waals surface area contributed by atoms with Crippen LogP contribution in [0.5, 0.6) is 0 Å². The monoisotopic (exact) mass is 241 g/mol. The third-order valence-corrected chi connectivity index (χ3v) is 4.94. The van der Waals surface area contributed by atoms with Crippen LogP contribution in [0.15, 0.2) is 42.5 Å². The highest BCUT2D eigenvalue weighted by atomic mass is 16.2. The van der Waals surface area contributed by atoms with Gasteiger partial charge in [-0.3, -0.25) is 0 Å². The van der Waals surface area contributed by atoms with E-state index in [4.69, 9.17) is 0 Å². The quantitative estimate of drug-likeness (QED) is 0.574. The highest BCUT2D eigenvalue weighted by molar-refractivity contribution is 5.38. The summed E-state index contributed by atoms with van der Waals surface area (Å²) in [5.41, 5.74) is 1.90. The van der Waals surface area contributed by atoms with E-state index in [0.717, 1.165) is 24.7 Å². The van der Waals surface area contributed by atoms with Crippen molar-refractivity contribution in [3.63, 3.8) is 0 Å². The Balaban J connectivity index is 1.82. The van der Waals surface area contributed by atoms with Gasteiger partial charge < -0.3 is 5.11 Å². The number of benzene rings is 1. The number of hydrogen-bond donors (Lipinski definition) is 0. The Hall–Kier alpha value is -1.08. The molecule has 0 spiro atoms. The predicted molar refractivity (Wildman–Crippen MR) is 72.2 cm³/mol. The molecule has 2 atom stereocenters. The van der Waals surface area contributed by atoms with Crippen molar-refractivity contribution in [2.75, 3.05) is 6.61 Å². The van der Waals surface area contributed by atoms with E-state index in [-0.39, 0.29) is 6.61 Å². The maximum absolute atomic E-state index is 10.7. The average Bonchev–Trinajstić information content (AvgIpc) is 3.10. The smallest absolute Gasteiger partial charge is 0.00215 e. The van der Waals surface area contributed by atoms with Gasteiger partial charge in [-0.15, -0.1) is 6.61 Å². The Morgan fingerprint density at radius 2 is 1.67 bits per heavy atom. The fraction of sp³-hybridized carbons (Fsp3) is 0.529. The predicted octanol–water partition coefficient (Wildman–Crippen LogP) is 3.05. The number of allylic oxidation sites excluding steroid dienone is 2. The molecule has 0 heterocycles. The van der Waals surface area contributed by atoms with Crippen molar-refractivity contribution in [3.05, 3.63) is 48.0 Å². The van der Waals surface area contributed by atoms with Crippen molar-refractivity contribution in [3.8, 4) is 0 Å². The molecule has 0 bridgehead atoms. The van der Waals surface area contributed by atoms with Gasteiger partial charge in [0.2, 0.25) is 0 Å². The van der Waals surface area contributed by atoms with Crippen molar-refractivity contribution < 1.29 is 5.11 Å². The van der Waals surface area contributed by atoms with Gasteiger partial charge in [-0.05, 0) is 36.7 Å². The molecule has 3 rings (SSSR count). The summed E-state index contributed by atoms with van der Waals surface area (Å²) in [5.74, 6) is 1.66. The number of unbranched alkanes of at least 4 members (excludes halogenated alkanes) is 1. The maximum Gasteiger partial charge on any atom is 0.00215 e. The number of hydrogen-bond acceptors (Lipinski definition) is 1. The first-order chi connectivity index (χ1) is 8.89. The first kappa shape index (κ1) is 12.0.